The maximum atomic E-state index is 11.1. The van der Waals surface area contributed by atoms with Crippen LogP contribution in [-0.2, 0) is 23.7 Å². The molecule has 0 fully saturated rings. The van der Waals surface area contributed by atoms with Gasteiger partial charge < -0.3 is 34.3 Å². The third kappa shape index (κ3) is 12.6. The van der Waals surface area contributed by atoms with Crippen molar-refractivity contribution in [1.29, 1.82) is 0 Å². The lowest BCUT2D eigenvalue weighted by Crippen LogP contribution is -2.17. The average Bonchev–Trinajstić information content (AvgIpc) is 2.77. The van der Waals surface area contributed by atoms with Crippen molar-refractivity contribution in [2.75, 3.05) is 91.5 Å². The second-order valence-electron chi connectivity index (χ2n) is 6.14. The van der Waals surface area contributed by atoms with Crippen LogP contribution in [0.4, 0.5) is 5.69 Å². The zero-order chi connectivity index (χ0) is 21.7. The van der Waals surface area contributed by atoms with Crippen LogP contribution in [0.5, 0.6) is 0 Å². The van der Waals surface area contributed by atoms with E-state index in [-0.39, 0.29) is 0 Å². The minimum Gasteiger partial charge on any atom is -0.382 e. The largest absolute Gasteiger partial charge is 0.382 e. The third-order valence-corrected chi connectivity index (χ3v) is 3.93. The Morgan fingerprint density at radius 3 is 1.67 bits per heavy atom. The first-order chi connectivity index (χ1) is 14.8. The van der Waals surface area contributed by atoms with Gasteiger partial charge in [-0.1, -0.05) is 12.1 Å². The summed E-state index contributed by atoms with van der Waals surface area (Å²) in [5.74, 6) is 0. The van der Waals surface area contributed by atoms with Gasteiger partial charge in [0.15, 0.2) is 12.6 Å². The number of nitrogens with one attached hydrogen (secondary N) is 2. The fourth-order valence-corrected chi connectivity index (χ4v) is 2.39. The number of benzene rings is 1. The van der Waals surface area contributed by atoms with Gasteiger partial charge in [-0.3, -0.25) is 9.59 Å². The maximum Gasteiger partial charge on any atom is 0.152 e. The van der Waals surface area contributed by atoms with E-state index in [2.05, 4.69) is 10.6 Å². The van der Waals surface area contributed by atoms with Crippen LogP contribution in [0.15, 0.2) is 18.2 Å². The molecule has 0 amide bonds. The minimum atomic E-state index is 0.360. The standard InChI is InChI=1S/C21H34N2O7/c1-22-5-7-26-9-11-28-13-15-30-16-14-29-12-10-27-8-6-23-21-4-2-3-19(17-24)20(21)18-25/h2-4,17-18,22-23H,5-16H2,1H3. The topological polar surface area (TPSA) is 104 Å². The SMILES string of the molecule is CNCCOCCOCCOCCOCCOCCNc1cccc(C=O)c1C=O. The Kier molecular flexibility index (Phi) is 16.7. The minimum absolute atomic E-state index is 0.360. The van der Waals surface area contributed by atoms with Gasteiger partial charge in [0.1, 0.15) is 0 Å². The zero-order valence-electron chi connectivity index (χ0n) is 17.7. The number of hydrogen-bond donors (Lipinski definition) is 2. The molecule has 0 radical (unpaired) electrons. The monoisotopic (exact) mass is 426 g/mol. The van der Waals surface area contributed by atoms with E-state index in [0.717, 1.165) is 6.54 Å². The van der Waals surface area contributed by atoms with Crippen LogP contribution >= 0.6 is 0 Å². The van der Waals surface area contributed by atoms with Gasteiger partial charge in [-0.15, -0.1) is 0 Å². The van der Waals surface area contributed by atoms with Crippen molar-refractivity contribution in [1.82, 2.24) is 5.32 Å². The Morgan fingerprint density at radius 2 is 1.20 bits per heavy atom. The van der Waals surface area contributed by atoms with Gasteiger partial charge in [-0.2, -0.15) is 0 Å². The lowest BCUT2D eigenvalue weighted by Gasteiger charge is -2.11. The van der Waals surface area contributed by atoms with Gasteiger partial charge in [0.2, 0.25) is 0 Å². The Labute approximate surface area is 178 Å². The Balaban J connectivity index is 1.86. The Bertz CT molecular complexity index is 572. The van der Waals surface area contributed by atoms with Crippen LogP contribution in [0.1, 0.15) is 20.7 Å². The van der Waals surface area contributed by atoms with E-state index in [0.29, 0.717) is 102 Å². The summed E-state index contributed by atoms with van der Waals surface area (Å²) in [4.78, 5) is 22.1. The third-order valence-electron chi connectivity index (χ3n) is 3.93. The molecule has 30 heavy (non-hydrogen) atoms. The van der Waals surface area contributed by atoms with Crippen molar-refractivity contribution < 1.29 is 33.3 Å². The summed E-state index contributed by atoms with van der Waals surface area (Å²) in [7, 11) is 1.89. The highest BCUT2D eigenvalue weighted by molar-refractivity contribution is 5.95. The van der Waals surface area contributed by atoms with E-state index in [4.69, 9.17) is 23.7 Å². The first-order valence-corrected chi connectivity index (χ1v) is 10.1. The van der Waals surface area contributed by atoms with Gasteiger partial charge in [0, 0.05) is 29.9 Å². The quantitative estimate of drug-likeness (QED) is 0.220. The molecule has 0 bridgehead atoms. The molecule has 0 saturated heterocycles. The second-order valence-corrected chi connectivity index (χ2v) is 6.14. The summed E-state index contributed by atoms with van der Waals surface area (Å²) in [6, 6.07) is 5.09. The molecule has 1 rings (SSSR count). The van der Waals surface area contributed by atoms with E-state index in [1.54, 1.807) is 18.2 Å². The van der Waals surface area contributed by atoms with Crippen LogP contribution in [0.2, 0.25) is 0 Å². The number of carbonyl (C=O) groups excluding carboxylic acids is 2. The molecule has 0 aliphatic heterocycles. The maximum absolute atomic E-state index is 11.1. The predicted octanol–water partition coefficient (Wildman–Crippen LogP) is 1.03. The van der Waals surface area contributed by atoms with Crippen molar-refractivity contribution in [2.45, 2.75) is 0 Å². The van der Waals surface area contributed by atoms with Crippen molar-refractivity contribution in [3.63, 3.8) is 0 Å². The van der Waals surface area contributed by atoms with Gasteiger partial charge >= 0.3 is 0 Å². The van der Waals surface area contributed by atoms with Crippen LogP contribution in [-0.4, -0.2) is 98.8 Å². The predicted molar refractivity (Wildman–Crippen MR) is 114 cm³/mol. The van der Waals surface area contributed by atoms with Crippen molar-refractivity contribution in [3.8, 4) is 0 Å². The smallest absolute Gasteiger partial charge is 0.152 e. The molecule has 1 aromatic rings. The van der Waals surface area contributed by atoms with Crippen molar-refractivity contribution in [2.24, 2.45) is 0 Å². The van der Waals surface area contributed by atoms with E-state index >= 15 is 0 Å². The summed E-state index contributed by atoms with van der Waals surface area (Å²) in [5.41, 5.74) is 1.35. The number of aldehydes is 2. The Hall–Kier alpha value is -1.88. The van der Waals surface area contributed by atoms with Gasteiger partial charge in [0.05, 0.1) is 66.1 Å². The number of anilines is 1. The number of hydrogen-bond acceptors (Lipinski definition) is 9. The van der Waals surface area contributed by atoms with Crippen molar-refractivity contribution >= 4 is 18.3 Å². The number of rotatable bonds is 21. The summed E-state index contributed by atoms with van der Waals surface area (Å²) < 4.78 is 27.0. The molecule has 9 nitrogen and oxygen atoms in total. The molecule has 2 N–H and O–H groups in total. The molecule has 0 aromatic heterocycles. The highest BCUT2D eigenvalue weighted by Gasteiger charge is 2.06. The lowest BCUT2D eigenvalue weighted by molar-refractivity contribution is -0.0101. The zero-order valence-corrected chi connectivity index (χ0v) is 17.7. The molecule has 0 aliphatic carbocycles. The van der Waals surface area contributed by atoms with E-state index in [9.17, 15) is 9.59 Å². The summed E-state index contributed by atoms with van der Waals surface area (Å²) in [6.07, 6.45) is 1.35. The molecular formula is C21H34N2O7. The van der Waals surface area contributed by atoms with Crippen LogP contribution in [0, 0.1) is 0 Å². The van der Waals surface area contributed by atoms with E-state index in [1.807, 2.05) is 7.05 Å². The second kappa shape index (κ2) is 19.1. The molecule has 0 atom stereocenters. The molecule has 0 saturated carbocycles. The van der Waals surface area contributed by atoms with Crippen LogP contribution < -0.4 is 10.6 Å². The van der Waals surface area contributed by atoms with Gasteiger partial charge in [0.25, 0.3) is 0 Å². The number of carbonyl (C=O) groups is 2. The van der Waals surface area contributed by atoms with Crippen LogP contribution in [0.3, 0.4) is 0 Å². The Morgan fingerprint density at radius 1 is 0.700 bits per heavy atom. The van der Waals surface area contributed by atoms with E-state index in [1.165, 1.54) is 0 Å². The van der Waals surface area contributed by atoms with Gasteiger partial charge in [-0.05, 0) is 13.1 Å². The first kappa shape index (κ1) is 26.2. The first-order valence-electron chi connectivity index (χ1n) is 10.1. The molecular weight excluding hydrogens is 392 g/mol. The summed E-state index contributed by atoms with van der Waals surface area (Å²) >= 11 is 0. The van der Waals surface area contributed by atoms with Crippen LogP contribution in [0.25, 0.3) is 0 Å². The van der Waals surface area contributed by atoms with Crippen molar-refractivity contribution in [3.05, 3.63) is 29.3 Å². The highest BCUT2D eigenvalue weighted by Crippen LogP contribution is 2.16. The normalized spacial score (nSPS) is 10.8. The fraction of sp³-hybridized carbons (Fsp3) is 0.619. The lowest BCUT2D eigenvalue weighted by atomic mass is 10.1. The number of ether oxygens (including phenoxy) is 5. The molecule has 0 unspecified atom stereocenters. The molecule has 170 valence electrons. The molecule has 0 spiro atoms. The highest BCUT2D eigenvalue weighted by atomic mass is 16.6. The summed E-state index contributed by atoms with van der Waals surface area (Å²) in [6.45, 7) is 6.65. The fourth-order valence-electron chi connectivity index (χ4n) is 2.39. The average molecular weight is 427 g/mol. The molecule has 1 aromatic carbocycles. The van der Waals surface area contributed by atoms with E-state index < -0.39 is 0 Å². The molecule has 9 heteroatoms. The number of likely N-dealkylation sites (N-methyl/N-ethyl adjacent to an activating group) is 1. The molecule has 0 aliphatic rings. The summed E-state index contributed by atoms with van der Waals surface area (Å²) in [5, 5.41) is 6.10. The molecule has 0 heterocycles. The van der Waals surface area contributed by atoms with Gasteiger partial charge in [-0.25, -0.2) is 0 Å².